The summed E-state index contributed by atoms with van der Waals surface area (Å²) >= 11 is 3.43. The smallest absolute Gasteiger partial charge is 0.126 e. The summed E-state index contributed by atoms with van der Waals surface area (Å²) in [5.41, 5.74) is 8.20. The van der Waals surface area contributed by atoms with Crippen LogP contribution >= 0.6 is 15.9 Å². The van der Waals surface area contributed by atoms with Gasteiger partial charge in [0.1, 0.15) is 5.82 Å². The molecule has 4 heteroatoms. The van der Waals surface area contributed by atoms with Crippen LogP contribution in [0.25, 0.3) is 0 Å². The van der Waals surface area contributed by atoms with Gasteiger partial charge in [-0.15, -0.1) is 0 Å². The molecule has 0 spiro atoms. The lowest BCUT2D eigenvalue weighted by Crippen LogP contribution is -2.20. The molecule has 1 atom stereocenters. The molecule has 18 heavy (non-hydrogen) atoms. The first-order chi connectivity index (χ1) is 8.66. The van der Waals surface area contributed by atoms with Gasteiger partial charge < -0.3 is 11.1 Å². The number of pyridine rings is 1. The van der Waals surface area contributed by atoms with E-state index < -0.39 is 0 Å². The van der Waals surface area contributed by atoms with Crippen molar-refractivity contribution >= 4 is 21.7 Å². The first kappa shape index (κ1) is 13.1. The largest absolute Gasteiger partial charge is 0.368 e. The summed E-state index contributed by atoms with van der Waals surface area (Å²) < 4.78 is 1.01. The molecular formula is C14H16BrN3. The molecule has 0 fully saturated rings. The topological polar surface area (TPSA) is 50.9 Å². The number of nitrogens with zero attached hydrogens (tertiary/aromatic N) is 1. The molecule has 94 valence electrons. The van der Waals surface area contributed by atoms with Gasteiger partial charge in [0, 0.05) is 17.1 Å². The van der Waals surface area contributed by atoms with E-state index in [1.807, 2.05) is 49.4 Å². The number of halogens is 1. The van der Waals surface area contributed by atoms with Crippen LogP contribution in [0.4, 0.5) is 5.82 Å². The van der Waals surface area contributed by atoms with E-state index in [0.717, 1.165) is 21.5 Å². The minimum atomic E-state index is -0.0306. The van der Waals surface area contributed by atoms with Crippen LogP contribution in [0.5, 0.6) is 0 Å². The quantitative estimate of drug-likeness (QED) is 0.911. The standard InChI is InChI=1S/C14H16BrN3/c1-10-12(15)7-8-14(18-10)17-9-13(16)11-5-3-2-4-6-11/h2-8,13H,9,16H2,1H3,(H,17,18). The van der Waals surface area contributed by atoms with Gasteiger partial charge in [0.25, 0.3) is 0 Å². The molecule has 0 bridgehead atoms. The summed E-state index contributed by atoms with van der Waals surface area (Å²) in [5, 5.41) is 3.25. The minimum absolute atomic E-state index is 0.0306. The Hall–Kier alpha value is -1.39. The highest BCUT2D eigenvalue weighted by Crippen LogP contribution is 2.17. The third-order valence-corrected chi connectivity index (χ3v) is 3.59. The lowest BCUT2D eigenvalue weighted by atomic mass is 10.1. The molecule has 0 saturated carbocycles. The van der Waals surface area contributed by atoms with Crippen molar-refractivity contribution in [2.45, 2.75) is 13.0 Å². The average Bonchev–Trinajstić information content (AvgIpc) is 2.41. The number of aryl methyl sites for hydroxylation is 1. The van der Waals surface area contributed by atoms with Gasteiger partial charge in [-0.2, -0.15) is 0 Å². The Morgan fingerprint density at radius 1 is 1.22 bits per heavy atom. The summed E-state index contributed by atoms with van der Waals surface area (Å²) in [6, 6.07) is 13.9. The van der Waals surface area contributed by atoms with Gasteiger partial charge in [0.15, 0.2) is 0 Å². The van der Waals surface area contributed by atoms with Crippen LogP contribution in [0.15, 0.2) is 46.9 Å². The Labute approximate surface area is 116 Å². The second-order valence-electron chi connectivity index (χ2n) is 4.16. The van der Waals surface area contributed by atoms with Crippen molar-refractivity contribution in [3.63, 3.8) is 0 Å². The molecule has 0 aliphatic heterocycles. The number of rotatable bonds is 4. The number of benzene rings is 1. The zero-order valence-corrected chi connectivity index (χ0v) is 11.8. The molecule has 2 aromatic rings. The van der Waals surface area contributed by atoms with E-state index in [2.05, 4.69) is 26.2 Å². The van der Waals surface area contributed by atoms with E-state index in [9.17, 15) is 0 Å². The molecule has 1 aromatic heterocycles. The fourth-order valence-electron chi connectivity index (χ4n) is 1.68. The molecule has 1 heterocycles. The monoisotopic (exact) mass is 305 g/mol. The minimum Gasteiger partial charge on any atom is -0.368 e. The third kappa shape index (κ3) is 3.31. The van der Waals surface area contributed by atoms with Crippen molar-refractivity contribution in [3.05, 3.63) is 58.2 Å². The summed E-state index contributed by atoms with van der Waals surface area (Å²) in [5.74, 6) is 0.849. The summed E-state index contributed by atoms with van der Waals surface area (Å²) in [4.78, 5) is 4.42. The average molecular weight is 306 g/mol. The maximum Gasteiger partial charge on any atom is 0.126 e. The van der Waals surface area contributed by atoms with Gasteiger partial charge >= 0.3 is 0 Å². The third-order valence-electron chi connectivity index (χ3n) is 2.75. The van der Waals surface area contributed by atoms with Crippen LogP contribution in [0, 0.1) is 6.92 Å². The van der Waals surface area contributed by atoms with E-state index in [0.29, 0.717) is 6.54 Å². The maximum atomic E-state index is 6.11. The number of hydrogen-bond donors (Lipinski definition) is 2. The predicted molar refractivity (Wildman–Crippen MR) is 78.5 cm³/mol. The first-order valence-corrected chi connectivity index (χ1v) is 6.63. The highest BCUT2D eigenvalue weighted by atomic mass is 79.9. The SMILES string of the molecule is Cc1nc(NCC(N)c2ccccc2)ccc1Br. The van der Waals surface area contributed by atoms with Gasteiger partial charge in [-0.05, 0) is 40.5 Å². The summed E-state index contributed by atoms with van der Waals surface area (Å²) in [6.45, 7) is 2.63. The van der Waals surface area contributed by atoms with E-state index in [1.165, 1.54) is 0 Å². The molecule has 0 aliphatic carbocycles. The van der Waals surface area contributed by atoms with Crippen LogP contribution in [0.1, 0.15) is 17.3 Å². The van der Waals surface area contributed by atoms with Crippen LogP contribution in [0.3, 0.4) is 0 Å². The van der Waals surface area contributed by atoms with Crippen LogP contribution in [0.2, 0.25) is 0 Å². The number of anilines is 1. The van der Waals surface area contributed by atoms with E-state index in [1.54, 1.807) is 0 Å². The first-order valence-electron chi connectivity index (χ1n) is 5.84. The van der Waals surface area contributed by atoms with Gasteiger partial charge in [0.05, 0.1) is 5.69 Å². The summed E-state index contributed by atoms with van der Waals surface area (Å²) in [7, 11) is 0. The fourth-order valence-corrected chi connectivity index (χ4v) is 1.90. The molecule has 0 amide bonds. The molecule has 3 nitrogen and oxygen atoms in total. The zero-order chi connectivity index (χ0) is 13.0. The lowest BCUT2D eigenvalue weighted by molar-refractivity contribution is 0.761. The van der Waals surface area contributed by atoms with Crippen molar-refractivity contribution in [1.82, 2.24) is 4.98 Å². The Kier molecular flexibility index (Phi) is 4.33. The van der Waals surface area contributed by atoms with E-state index >= 15 is 0 Å². The normalized spacial score (nSPS) is 12.2. The number of nitrogens with two attached hydrogens (primary N) is 1. The Balaban J connectivity index is 1.97. The number of nitrogens with one attached hydrogen (secondary N) is 1. The Morgan fingerprint density at radius 2 is 1.94 bits per heavy atom. The molecule has 0 aliphatic rings. The zero-order valence-electron chi connectivity index (χ0n) is 10.2. The fraction of sp³-hybridized carbons (Fsp3) is 0.214. The highest BCUT2D eigenvalue weighted by Gasteiger charge is 2.05. The van der Waals surface area contributed by atoms with Crippen LogP contribution < -0.4 is 11.1 Å². The lowest BCUT2D eigenvalue weighted by Gasteiger charge is -2.14. The molecule has 3 N–H and O–H groups in total. The predicted octanol–water partition coefficient (Wildman–Crippen LogP) is 3.26. The molecule has 2 rings (SSSR count). The number of hydrogen-bond acceptors (Lipinski definition) is 3. The van der Waals surface area contributed by atoms with Crippen molar-refractivity contribution in [2.24, 2.45) is 5.73 Å². The second-order valence-corrected chi connectivity index (χ2v) is 5.02. The molecule has 1 unspecified atom stereocenters. The van der Waals surface area contributed by atoms with Gasteiger partial charge in [-0.1, -0.05) is 30.3 Å². The molecule has 0 saturated heterocycles. The highest BCUT2D eigenvalue weighted by molar-refractivity contribution is 9.10. The Morgan fingerprint density at radius 3 is 2.61 bits per heavy atom. The Bertz CT molecular complexity index is 514. The molecule has 0 radical (unpaired) electrons. The maximum absolute atomic E-state index is 6.11. The van der Waals surface area contributed by atoms with E-state index in [-0.39, 0.29) is 6.04 Å². The second kappa shape index (κ2) is 5.98. The molecule has 1 aromatic carbocycles. The van der Waals surface area contributed by atoms with Crippen LogP contribution in [-0.4, -0.2) is 11.5 Å². The summed E-state index contributed by atoms with van der Waals surface area (Å²) in [6.07, 6.45) is 0. The van der Waals surface area contributed by atoms with Crippen molar-refractivity contribution in [2.75, 3.05) is 11.9 Å². The number of aromatic nitrogens is 1. The van der Waals surface area contributed by atoms with Gasteiger partial charge in [-0.3, -0.25) is 0 Å². The van der Waals surface area contributed by atoms with Gasteiger partial charge in [-0.25, -0.2) is 4.98 Å². The van der Waals surface area contributed by atoms with Crippen molar-refractivity contribution in [1.29, 1.82) is 0 Å². The van der Waals surface area contributed by atoms with Crippen LogP contribution in [-0.2, 0) is 0 Å². The van der Waals surface area contributed by atoms with E-state index in [4.69, 9.17) is 5.73 Å². The van der Waals surface area contributed by atoms with Crippen molar-refractivity contribution in [3.8, 4) is 0 Å². The van der Waals surface area contributed by atoms with Crippen molar-refractivity contribution < 1.29 is 0 Å². The molecular weight excluding hydrogens is 290 g/mol. The van der Waals surface area contributed by atoms with Gasteiger partial charge in [0.2, 0.25) is 0 Å².